The number of hydrogen-bond acceptors (Lipinski definition) is 2. The van der Waals surface area contributed by atoms with Crippen molar-refractivity contribution in [3.63, 3.8) is 0 Å². The molecule has 2 amide bonds. The van der Waals surface area contributed by atoms with E-state index in [2.05, 4.69) is 10.6 Å². The number of carbonyl (C=O) groups is 1. The molecule has 2 atom stereocenters. The zero-order chi connectivity index (χ0) is 15.9. The van der Waals surface area contributed by atoms with Crippen LogP contribution in [0.25, 0.3) is 0 Å². The first-order chi connectivity index (χ1) is 10.6. The summed E-state index contributed by atoms with van der Waals surface area (Å²) < 4.78 is 26.8. The van der Waals surface area contributed by atoms with Crippen LogP contribution in [-0.4, -0.2) is 30.3 Å². The van der Waals surface area contributed by atoms with Crippen molar-refractivity contribution in [2.24, 2.45) is 5.92 Å². The highest BCUT2D eigenvalue weighted by Crippen LogP contribution is 2.23. The minimum absolute atomic E-state index is 0.0156. The number of halogens is 2. The molecule has 0 radical (unpaired) electrons. The van der Waals surface area contributed by atoms with Gasteiger partial charge in [0.25, 0.3) is 0 Å². The molecule has 0 heterocycles. The van der Waals surface area contributed by atoms with Crippen molar-refractivity contribution in [1.29, 1.82) is 0 Å². The van der Waals surface area contributed by atoms with E-state index < -0.39 is 11.6 Å². The molecule has 4 nitrogen and oxygen atoms in total. The maximum absolute atomic E-state index is 13.4. The van der Waals surface area contributed by atoms with Gasteiger partial charge in [-0.2, -0.15) is 0 Å². The van der Waals surface area contributed by atoms with Gasteiger partial charge in [0.15, 0.2) is 0 Å². The number of nitrogens with one attached hydrogen (secondary N) is 2. The molecule has 2 rings (SSSR count). The molecule has 0 spiro atoms. The molecule has 2 unspecified atom stereocenters. The van der Waals surface area contributed by atoms with Crippen LogP contribution >= 0.6 is 0 Å². The Morgan fingerprint density at radius 3 is 2.64 bits per heavy atom. The Hall–Kier alpha value is -1.69. The average Bonchev–Trinajstić information content (AvgIpc) is 2.48. The van der Waals surface area contributed by atoms with Crippen LogP contribution in [0.1, 0.15) is 31.2 Å². The number of aliphatic hydroxyl groups excluding tert-OH is 1. The van der Waals surface area contributed by atoms with Crippen LogP contribution in [0.2, 0.25) is 0 Å². The topological polar surface area (TPSA) is 61.4 Å². The molecule has 1 aromatic rings. The van der Waals surface area contributed by atoms with Crippen molar-refractivity contribution in [2.75, 3.05) is 13.1 Å². The Balaban J connectivity index is 1.67. The van der Waals surface area contributed by atoms with Gasteiger partial charge in [-0.25, -0.2) is 13.6 Å². The summed E-state index contributed by atoms with van der Waals surface area (Å²) in [5, 5.41) is 14.9. The van der Waals surface area contributed by atoms with Crippen molar-refractivity contribution in [1.82, 2.24) is 10.6 Å². The number of amides is 2. The highest BCUT2D eigenvalue weighted by Gasteiger charge is 2.20. The molecule has 1 aliphatic carbocycles. The SMILES string of the molecule is O=C(NCCc1c(F)cccc1F)NCC1CCCC(O)C1. The van der Waals surface area contributed by atoms with E-state index >= 15 is 0 Å². The van der Waals surface area contributed by atoms with Crippen molar-refractivity contribution >= 4 is 6.03 Å². The van der Waals surface area contributed by atoms with Crippen molar-refractivity contribution < 1.29 is 18.7 Å². The third-order valence-corrected chi connectivity index (χ3v) is 4.03. The third kappa shape index (κ3) is 4.94. The van der Waals surface area contributed by atoms with Crippen LogP contribution in [0.5, 0.6) is 0 Å². The van der Waals surface area contributed by atoms with E-state index in [4.69, 9.17) is 0 Å². The molecule has 1 fully saturated rings. The Morgan fingerprint density at radius 1 is 1.23 bits per heavy atom. The van der Waals surface area contributed by atoms with Gasteiger partial charge in [0.05, 0.1) is 6.10 Å². The quantitative estimate of drug-likeness (QED) is 0.781. The molecule has 6 heteroatoms. The Labute approximate surface area is 128 Å². The van der Waals surface area contributed by atoms with Gasteiger partial charge in [0.1, 0.15) is 11.6 Å². The van der Waals surface area contributed by atoms with Crippen LogP contribution in [0.4, 0.5) is 13.6 Å². The number of benzene rings is 1. The molecule has 1 aromatic carbocycles. The maximum Gasteiger partial charge on any atom is 0.314 e. The summed E-state index contributed by atoms with van der Waals surface area (Å²) >= 11 is 0. The lowest BCUT2D eigenvalue weighted by Gasteiger charge is -2.25. The molecular weight excluding hydrogens is 290 g/mol. The van der Waals surface area contributed by atoms with Gasteiger partial charge in [-0.1, -0.05) is 12.5 Å². The minimum Gasteiger partial charge on any atom is -0.393 e. The first kappa shape index (κ1) is 16.7. The van der Waals surface area contributed by atoms with E-state index in [9.17, 15) is 18.7 Å². The van der Waals surface area contributed by atoms with Crippen LogP contribution in [0.3, 0.4) is 0 Å². The second kappa shape index (κ2) is 8.08. The largest absolute Gasteiger partial charge is 0.393 e. The van der Waals surface area contributed by atoms with Crippen molar-refractivity contribution in [2.45, 2.75) is 38.2 Å². The van der Waals surface area contributed by atoms with Gasteiger partial charge in [0, 0.05) is 18.7 Å². The Morgan fingerprint density at radius 2 is 1.95 bits per heavy atom. The average molecular weight is 312 g/mol. The standard InChI is InChI=1S/C16H22F2N2O2/c17-14-5-2-6-15(18)13(14)7-8-19-16(22)20-10-11-3-1-4-12(21)9-11/h2,5-6,11-12,21H,1,3-4,7-10H2,(H2,19,20,22). The smallest absolute Gasteiger partial charge is 0.314 e. The van der Waals surface area contributed by atoms with E-state index in [1.165, 1.54) is 18.2 Å². The van der Waals surface area contributed by atoms with Crippen molar-refractivity contribution in [3.8, 4) is 0 Å². The molecule has 0 saturated heterocycles. The molecule has 122 valence electrons. The summed E-state index contributed by atoms with van der Waals surface area (Å²) in [6, 6.07) is 3.36. The third-order valence-electron chi connectivity index (χ3n) is 4.03. The van der Waals surface area contributed by atoms with Crippen LogP contribution in [0.15, 0.2) is 18.2 Å². The number of carbonyl (C=O) groups excluding carboxylic acids is 1. The van der Waals surface area contributed by atoms with Crippen LogP contribution in [0, 0.1) is 17.6 Å². The number of urea groups is 1. The summed E-state index contributed by atoms with van der Waals surface area (Å²) in [7, 11) is 0. The zero-order valence-electron chi connectivity index (χ0n) is 12.4. The second-order valence-corrected chi connectivity index (χ2v) is 5.77. The number of rotatable bonds is 5. The van der Waals surface area contributed by atoms with E-state index in [0.29, 0.717) is 18.9 Å². The van der Waals surface area contributed by atoms with Gasteiger partial charge < -0.3 is 15.7 Å². The summed E-state index contributed by atoms with van der Waals surface area (Å²) in [6.45, 7) is 0.675. The fourth-order valence-corrected chi connectivity index (χ4v) is 2.82. The monoisotopic (exact) mass is 312 g/mol. The molecular formula is C16H22F2N2O2. The number of hydrogen-bond donors (Lipinski definition) is 3. The summed E-state index contributed by atoms with van der Waals surface area (Å²) in [5.41, 5.74) is -0.0156. The van der Waals surface area contributed by atoms with E-state index in [0.717, 1.165) is 19.3 Å². The summed E-state index contributed by atoms with van der Waals surface area (Å²) in [6.07, 6.45) is 3.35. The Bertz CT molecular complexity index is 491. The van der Waals surface area contributed by atoms with Gasteiger partial charge in [-0.15, -0.1) is 0 Å². The van der Waals surface area contributed by atoms with E-state index in [1.807, 2.05) is 0 Å². The van der Waals surface area contributed by atoms with Gasteiger partial charge in [-0.05, 0) is 43.7 Å². The predicted octanol–water partition coefficient (Wildman–Crippen LogP) is 2.36. The molecule has 22 heavy (non-hydrogen) atoms. The molecule has 1 saturated carbocycles. The van der Waals surface area contributed by atoms with Gasteiger partial charge >= 0.3 is 6.03 Å². The molecule has 3 N–H and O–H groups in total. The molecule has 1 aliphatic rings. The molecule has 0 aliphatic heterocycles. The normalized spacial score (nSPS) is 21.4. The lowest BCUT2D eigenvalue weighted by atomic mass is 9.87. The molecule has 0 bridgehead atoms. The van der Waals surface area contributed by atoms with Gasteiger partial charge in [-0.3, -0.25) is 0 Å². The summed E-state index contributed by atoms with van der Waals surface area (Å²) in [4.78, 5) is 11.7. The predicted molar refractivity (Wildman–Crippen MR) is 79.4 cm³/mol. The maximum atomic E-state index is 13.4. The highest BCUT2D eigenvalue weighted by atomic mass is 19.1. The van der Waals surface area contributed by atoms with Crippen LogP contribution in [-0.2, 0) is 6.42 Å². The molecule has 0 aromatic heterocycles. The number of aliphatic hydroxyl groups is 1. The van der Waals surface area contributed by atoms with Crippen LogP contribution < -0.4 is 10.6 Å². The fraction of sp³-hybridized carbons (Fsp3) is 0.562. The Kier molecular flexibility index (Phi) is 6.12. The minimum atomic E-state index is -0.599. The summed E-state index contributed by atoms with van der Waals surface area (Å²) in [5.74, 6) is -0.907. The highest BCUT2D eigenvalue weighted by molar-refractivity contribution is 5.73. The lowest BCUT2D eigenvalue weighted by molar-refractivity contribution is 0.101. The lowest BCUT2D eigenvalue weighted by Crippen LogP contribution is -2.40. The van der Waals surface area contributed by atoms with Gasteiger partial charge in [0.2, 0.25) is 0 Å². The van der Waals surface area contributed by atoms with E-state index in [-0.39, 0.29) is 30.7 Å². The zero-order valence-corrected chi connectivity index (χ0v) is 12.4. The first-order valence-electron chi connectivity index (χ1n) is 7.69. The van der Waals surface area contributed by atoms with E-state index in [1.54, 1.807) is 0 Å². The second-order valence-electron chi connectivity index (χ2n) is 5.77. The fourth-order valence-electron chi connectivity index (χ4n) is 2.82. The first-order valence-corrected chi connectivity index (χ1v) is 7.69. The van der Waals surface area contributed by atoms with Crippen molar-refractivity contribution in [3.05, 3.63) is 35.4 Å².